The van der Waals surface area contributed by atoms with Gasteiger partial charge in [0.2, 0.25) is 0 Å². The lowest BCUT2D eigenvalue weighted by atomic mass is 9.99. The summed E-state index contributed by atoms with van der Waals surface area (Å²) >= 11 is 1.46. The zero-order chi connectivity index (χ0) is 23.4. The first-order valence-corrected chi connectivity index (χ1v) is 15.7. The van der Waals surface area contributed by atoms with E-state index < -0.39 is 25.4 Å². The minimum atomic E-state index is -1.84. The number of nitrogens with zero attached hydrogens (tertiary/aromatic N) is 1. The maximum absolute atomic E-state index is 12.7. The molecule has 1 aromatic carbocycles. The maximum atomic E-state index is 12.7. The fourth-order valence-electron chi connectivity index (χ4n) is 2.68. The average Bonchev–Trinajstić information content (AvgIpc) is 3.14. The van der Waals surface area contributed by atoms with Gasteiger partial charge in [0.05, 0.1) is 17.2 Å². The van der Waals surface area contributed by atoms with E-state index in [1.807, 2.05) is 36.6 Å². The Hall–Kier alpha value is -0.903. The highest BCUT2D eigenvalue weighted by atomic mass is 32.2. The average molecular weight is 483 g/mol. The summed E-state index contributed by atoms with van der Waals surface area (Å²) in [6.45, 7) is 17.7. The van der Waals surface area contributed by atoms with Crippen molar-refractivity contribution < 1.29 is 13.7 Å². The lowest BCUT2D eigenvalue weighted by Crippen LogP contribution is -2.40. The van der Waals surface area contributed by atoms with Gasteiger partial charge in [-0.1, -0.05) is 52.3 Å². The first-order chi connectivity index (χ1) is 14.3. The van der Waals surface area contributed by atoms with E-state index in [9.17, 15) is 9.32 Å². The number of hydrogen-bond donors (Lipinski definition) is 2. The Balaban J connectivity index is 1.99. The lowest BCUT2D eigenvalue weighted by Gasteiger charge is -2.35. The second-order valence-corrected chi connectivity index (χ2v) is 17.0. The number of aliphatic hydroxyl groups is 1. The highest BCUT2D eigenvalue weighted by Gasteiger charge is 2.37. The Bertz CT molecular complexity index is 860. The topological polar surface area (TPSA) is 71.5 Å². The van der Waals surface area contributed by atoms with Gasteiger partial charge in [-0.2, -0.15) is 0 Å². The van der Waals surface area contributed by atoms with Crippen molar-refractivity contribution in [3.05, 3.63) is 45.9 Å². The van der Waals surface area contributed by atoms with Crippen LogP contribution in [0.4, 0.5) is 0 Å². The molecule has 2 rings (SSSR count). The molecule has 0 saturated carbocycles. The van der Waals surface area contributed by atoms with Crippen LogP contribution in [0.1, 0.15) is 63.4 Å². The summed E-state index contributed by atoms with van der Waals surface area (Å²) in [4.78, 5) is 5.36. The van der Waals surface area contributed by atoms with Gasteiger partial charge in [0.25, 0.3) is 0 Å². The SMILES string of the molecule is Cc1ccc([S@](=O)N[C@H](C[C@@H](O)c2nc(CO[Si](C)(C)C(C)(C)C)cs2)C(C)C)cc1. The molecule has 5 nitrogen and oxygen atoms in total. The van der Waals surface area contributed by atoms with Gasteiger partial charge in [0.15, 0.2) is 8.32 Å². The first kappa shape index (κ1) is 26.4. The Morgan fingerprint density at radius 1 is 1.23 bits per heavy atom. The van der Waals surface area contributed by atoms with Crippen LogP contribution in [0.25, 0.3) is 0 Å². The highest BCUT2D eigenvalue weighted by molar-refractivity contribution is 7.83. The van der Waals surface area contributed by atoms with Gasteiger partial charge < -0.3 is 9.53 Å². The number of aromatic nitrogens is 1. The van der Waals surface area contributed by atoms with Gasteiger partial charge in [-0.05, 0) is 49.5 Å². The zero-order valence-corrected chi connectivity index (χ0v) is 22.7. The zero-order valence-electron chi connectivity index (χ0n) is 20.1. The van der Waals surface area contributed by atoms with E-state index in [-0.39, 0.29) is 17.0 Å². The summed E-state index contributed by atoms with van der Waals surface area (Å²) in [5, 5.41) is 13.6. The molecule has 2 aromatic rings. The van der Waals surface area contributed by atoms with Crippen molar-refractivity contribution in [2.45, 2.75) is 89.7 Å². The quantitative estimate of drug-likeness (QED) is 0.424. The van der Waals surface area contributed by atoms with E-state index in [4.69, 9.17) is 4.43 Å². The van der Waals surface area contributed by atoms with Gasteiger partial charge >= 0.3 is 0 Å². The molecule has 0 fully saturated rings. The fraction of sp³-hybridized carbons (Fsp3) is 0.609. The second-order valence-electron chi connectivity index (χ2n) is 10.0. The molecule has 0 saturated heterocycles. The number of hydrogen-bond acceptors (Lipinski definition) is 5. The third-order valence-corrected chi connectivity index (χ3v) is 12.7. The molecular formula is C23H38N2O3S2Si. The van der Waals surface area contributed by atoms with Crippen molar-refractivity contribution in [3.63, 3.8) is 0 Å². The van der Waals surface area contributed by atoms with Crippen LogP contribution in [0, 0.1) is 12.8 Å². The number of rotatable bonds is 10. The summed E-state index contributed by atoms with van der Waals surface area (Å²) in [5.41, 5.74) is 2.00. The standard InChI is InChI=1S/C23H38N2O3S2Si/c1-16(2)20(25-30(27)19-11-9-17(3)10-12-19)13-21(26)22-24-18(15-29-22)14-28-31(7,8)23(4,5)6/h9-12,15-16,20-21,25-26H,13-14H2,1-8H3/t20-,21-,30+/m1/s1. The second kappa shape index (κ2) is 10.8. The van der Waals surface area contributed by atoms with Crippen molar-refractivity contribution in [2.24, 2.45) is 5.92 Å². The van der Waals surface area contributed by atoms with E-state index in [1.165, 1.54) is 11.3 Å². The van der Waals surface area contributed by atoms with Crippen LogP contribution in [0.15, 0.2) is 34.5 Å². The Morgan fingerprint density at radius 2 is 1.84 bits per heavy atom. The van der Waals surface area contributed by atoms with E-state index in [2.05, 4.69) is 57.4 Å². The molecule has 0 aliphatic rings. The van der Waals surface area contributed by atoms with Crippen LogP contribution in [-0.2, 0) is 22.0 Å². The summed E-state index contributed by atoms with van der Waals surface area (Å²) in [6.07, 6.45) is -0.257. The number of aryl methyl sites for hydroxylation is 1. The number of aliphatic hydroxyl groups excluding tert-OH is 1. The molecule has 1 heterocycles. The third-order valence-electron chi connectivity index (χ3n) is 6.02. The minimum absolute atomic E-state index is 0.104. The van der Waals surface area contributed by atoms with Crippen molar-refractivity contribution in [2.75, 3.05) is 0 Å². The predicted octanol–water partition coefficient (Wildman–Crippen LogP) is 5.73. The van der Waals surface area contributed by atoms with Gasteiger partial charge in [0.1, 0.15) is 22.1 Å². The van der Waals surface area contributed by atoms with Crippen LogP contribution >= 0.6 is 11.3 Å². The van der Waals surface area contributed by atoms with E-state index >= 15 is 0 Å². The molecule has 3 atom stereocenters. The monoisotopic (exact) mass is 482 g/mol. The Kier molecular flexibility index (Phi) is 9.19. The Labute approximate surface area is 195 Å². The van der Waals surface area contributed by atoms with Crippen molar-refractivity contribution in [3.8, 4) is 0 Å². The smallest absolute Gasteiger partial charge is 0.192 e. The molecule has 2 N–H and O–H groups in total. The van der Waals surface area contributed by atoms with Gasteiger partial charge in [-0.15, -0.1) is 11.3 Å². The van der Waals surface area contributed by atoms with Crippen molar-refractivity contribution in [1.82, 2.24) is 9.71 Å². The normalized spacial score (nSPS) is 15.8. The molecule has 174 valence electrons. The van der Waals surface area contributed by atoms with Gasteiger partial charge in [0, 0.05) is 11.4 Å². The molecule has 0 aliphatic heterocycles. The number of nitrogens with one attached hydrogen (secondary N) is 1. The van der Waals surface area contributed by atoms with E-state index in [0.717, 1.165) is 16.2 Å². The van der Waals surface area contributed by atoms with Crippen molar-refractivity contribution in [1.29, 1.82) is 0 Å². The largest absolute Gasteiger partial charge is 0.411 e. The van der Waals surface area contributed by atoms with Crippen molar-refractivity contribution >= 4 is 30.6 Å². The minimum Gasteiger partial charge on any atom is -0.411 e. The molecule has 0 unspecified atom stereocenters. The van der Waals surface area contributed by atoms with Gasteiger partial charge in [-0.3, -0.25) is 0 Å². The first-order valence-electron chi connectivity index (χ1n) is 10.8. The summed E-state index contributed by atoms with van der Waals surface area (Å²) in [5.74, 6) is 0.213. The number of benzene rings is 1. The lowest BCUT2D eigenvalue weighted by molar-refractivity contribution is 0.146. The van der Waals surface area contributed by atoms with E-state index in [0.29, 0.717) is 18.0 Å². The maximum Gasteiger partial charge on any atom is 0.192 e. The molecule has 31 heavy (non-hydrogen) atoms. The highest BCUT2D eigenvalue weighted by Crippen LogP contribution is 2.37. The predicted molar refractivity (Wildman–Crippen MR) is 133 cm³/mol. The molecule has 8 heteroatoms. The van der Waals surface area contributed by atoms with Crippen LogP contribution < -0.4 is 4.72 Å². The Morgan fingerprint density at radius 3 is 2.39 bits per heavy atom. The molecule has 0 radical (unpaired) electrons. The molecule has 1 aromatic heterocycles. The van der Waals surface area contributed by atoms with Crippen LogP contribution in [0.3, 0.4) is 0 Å². The molecular weight excluding hydrogens is 444 g/mol. The summed E-state index contributed by atoms with van der Waals surface area (Å²) in [6, 6.07) is 7.56. The number of thiazole rings is 1. The van der Waals surface area contributed by atoms with Crippen LogP contribution in [0.2, 0.25) is 18.1 Å². The van der Waals surface area contributed by atoms with Crippen LogP contribution in [-0.4, -0.2) is 28.7 Å². The fourth-order valence-corrected chi connectivity index (χ4v) is 5.58. The third kappa shape index (κ3) is 7.58. The van der Waals surface area contributed by atoms with Gasteiger partial charge in [-0.25, -0.2) is 13.9 Å². The van der Waals surface area contributed by atoms with Crippen LogP contribution in [0.5, 0.6) is 0 Å². The molecule has 0 spiro atoms. The molecule has 0 aliphatic carbocycles. The summed E-state index contributed by atoms with van der Waals surface area (Å²) < 4.78 is 22.2. The molecule has 0 amide bonds. The van der Waals surface area contributed by atoms with E-state index in [1.54, 1.807) is 0 Å². The molecule has 0 bridgehead atoms. The summed E-state index contributed by atoms with van der Waals surface area (Å²) in [7, 11) is -3.17.